The van der Waals surface area contributed by atoms with Crippen molar-refractivity contribution >= 4 is 5.97 Å². The van der Waals surface area contributed by atoms with Gasteiger partial charge in [0, 0.05) is 26.2 Å². The van der Waals surface area contributed by atoms with Crippen molar-refractivity contribution in [3.05, 3.63) is 23.8 Å². The first-order chi connectivity index (χ1) is 11.2. The zero-order chi connectivity index (χ0) is 16.5. The van der Waals surface area contributed by atoms with Crippen molar-refractivity contribution in [1.29, 1.82) is 0 Å². The Morgan fingerprint density at radius 1 is 1.35 bits per heavy atom. The van der Waals surface area contributed by atoms with E-state index in [0.29, 0.717) is 37.7 Å². The van der Waals surface area contributed by atoms with Crippen LogP contribution in [0.3, 0.4) is 0 Å². The minimum atomic E-state index is -0.824. The second kappa shape index (κ2) is 9.37. The summed E-state index contributed by atoms with van der Waals surface area (Å²) in [6.45, 7) is 2.21. The number of aryl methyl sites for hydroxylation is 1. The highest BCUT2D eigenvalue weighted by Crippen LogP contribution is 2.27. The molecule has 1 N–H and O–H groups in total. The van der Waals surface area contributed by atoms with Crippen LogP contribution in [0, 0.1) is 0 Å². The lowest BCUT2D eigenvalue weighted by Gasteiger charge is -2.16. The van der Waals surface area contributed by atoms with Crippen LogP contribution in [0.25, 0.3) is 0 Å². The molecule has 6 nitrogen and oxygen atoms in total. The second-order valence-electron chi connectivity index (χ2n) is 5.45. The number of methoxy groups -OCH3 is 1. The fourth-order valence-corrected chi connectivity index (χ4v) is 2.41. The van der Waals surface area contributed by atoms with Crippen LogP contribution in [-0.4, -0.2) is 50.7 Å². The zero-order valence-corrected chi connectivity index (χ0v) is 13.5. The van der Waals surface area contributed by atoms with Crippen molar-refractivity contribution in [2.75, 3.05) is 33.5 Å². The summed E-state index contributed by atoms with van der Waals surface area (Å²) >= 11 is 0. The molecule has 0 saturated carbocycles. The fraction of sp³-hybridized carbons (Fsp3) is 0.588. The molecule has 6 heteroatoms. The van der Waals surface area contributed by atoms with Crippen LogP contribution in [0.5, 0.6) is 11.5 Å². The van der Waals surface area contributed by atoms with Gasteiger partial charge in [-0.05, 0) is 30.9 Å². The van der Waals surface area contributed by atoms with Crippen LogP contribution in [0.2, 0.25) is 0 Å². The van der Waals surface area contributed by atoms with Gasteiger partial charge in [0.15, 0.2) is 0 Å². The molecule has 1 aromatic rings. The van der Waals surface area contributed by atoms with Crippen LogP contribution in [0.1, 0.15) is 24.8 Å². The molecule has 0 radical (unpaired) electrons. The van der Waals surface area contributed by atoms with Gasteiger partial charge in [-0.15, -0.1) is 0 Å². The van der Waals surface area contributed by atoms with Gasteiger partial charge in [-0.25, -0.2) is 0 Å². The number of carbonyl (C=O) groups is 1. The number of carboxylic acid groups (broad SMARTS) is 1. The summed E-state index contributed by atoms with van der Waals surface area (Å²) in [5, 5.41) is 8.87. The summed E-state index contributed by atoms with van der Waals surface area (Å²) < 4.78 is 22.0. The van der Waals surface area contributed by atoms with Crippen LogP contribution in [-0.2, 0) is 20.7 Å². The molecule has 1 aromatic carbocycles. The monoisotopic (exact) mass is 324 g/mol. The Morgan fingerprint density at radius 2 is 2.22 bits per heavy atom. The summed E-state index contributed by atoms with van der Waals surface area (Å²) in [4.78, 5) is 10.8. The van der Waals surface area contributed by atoms with E-state index in [2.05, 4.69) is 0 Å². The van der Waals surface area contributed by atoms with Crippen molar-refractivity contribution in [1.82, 2.24) is 0 Å². The fourth-order valence-electron chi connectivity index (χ4n) is 2.41. The van der Waals surface area contributed by atoms with Gasteiger partial charge in [-0.2, -0.15) is 0 Å². The molecule has 1 aliphatic heterocycles. The van der Waals surface area contributed by atoms with Crippen molar-refractivity contribution in [3.8, 4) is 11.5 Å². The lowest BCUT2D eigenvalue weighted by atomic mass is 10.1. The zero-order valence-electron chi connectivity index (χ0n) is 13.5. The first-order valence-electron chi connectivity index (χ1n) is 7.90. The molecule has 0 spiro atoms. The lowest BCUT2D eigenvalue weighted by Crippen LogP contribution is -2.17. The molecule has 0 aliphatic carbocycles. The van der Waals surface area contributed by atoms with E-state index in [4.69, 9.17) is 24.1 Å². The summed E-state index contributed by atoms with van der Waals surface area (Å²) in [5.74, 6) is 0.524. The third-order valence-corrected chi connectivity index (χ3v) is 3.65. The molecule has 0 amide bonds. The Morgan fingerprint density at radius 3 is 2.91 bits per heavy atom. The predicted molar refractivity (Wildman–Crippen MR) is 84.2 cm³/mol. The molecule has 128 valence electrons. The van der Waals surface area contributed by atoms with Gasteiger partial charge in [0.05, 0.1) is 12.7 Å². The van der Waals surface area contributed by atoms with Crippen molar-refractivity contribution in [2.24, 2.45) is 0 Å². The largest absolute Gasteiger partial charge is 0.491 e. The molecule has 1 saturated heterocycles. The number of hydrogen-bond acceptors (Lipinski definition) is 5. The van der Waals surface area contributed by atoms with E-state index in [-0.39, 0.29) is 12.5 Å². The molecule has 1 fully saturated rings. The Bertz CT molecular complexity index is 496. The highest BCUT2D eigenvalue weighted by molar-refractivity contribution is 5.67. The van der Waals surface area contributed by atoms with E-state index in [0.717, 1.165) is 25.0 Å². The van der Waals surface area contributed by atoms with E-state index in [1.54, 1.807) is 7.11 Å². The number of ether oxygens (including phenoxy) is 4. The number of rotatable bonds is 10. The summed E-state index contributed by atoms with van der Waals surface area (Å²) in [6.07, 6.45) is 2.66. The molecule has 1 heterocycles. The summed E-state index contributed by atoms with van der Waals surface area (Å²) in [6, 6.07) is 5.49. The van der Waals surface area contributed by atoms with Crippen molar-refractivity contribution < 1.29 is 28.8 Å². The smallest absolute Gasteiger partial charge is 0.303 e. The van der Waals surface area contributed by atoms with Gasteiger partial charge in [0.1, 0.15) is 24.7 Å². The third-order valence-electron chi connectivity index (χ3n) is 3.65. The minimum Gasteiger partial charge on any atom is -0.491 e. The second-order valence-corrected chi connectivity index (χ2v) is 5.45. The van der Waals surface area contributed by atoms with Crippen LogP contribution in [0.15, 0.2) is 18.2 Å². The van der Waals surface area contributed by atoms with Gasteiger partial charge in [-0.3, -0.25) is 4.79 Å². The SMILES string of the molecule is COCCOc1ccc(CCC(=O)O)c(OCC2CCCO2)c1. The van der Waals surface area contributed by atoms with Gasteiger partial charge in [0.2, 0.25) is 0 Å². The molecular formula is C17H24O6. The normalized spacial score (nSPS) is 17.2. The molecule has 0 aromatic heterocycles. The molecule has 2 rings (SSSR count). The van der Waals surface area contributed by atoms with E-state index >= 15 is 0 Å². The molecular weight excluding hydrogens is 300 g/mol. The summed E-state index contributed by atoms with van der Waals surface area (Å²) in [7, 11) is 1.62. The number of aliphatic carboxylic acids is 1. The van der Waals surface area contributed by atoms with Crippen LogP contribution < -0.4 is 9.47 Å². The van der Waals surface area contributed by atoms with Crippen molar-refractivity contribution in [2.45, 2.75) is 31.8 Å². The first kappa shape index (κ1) is 17.6. The molecule has 23 heavy (non-hydrogen) atoms. The predicted octanol–water partition coefficient (Wildman–Crippen LogP) is 2.29. The van der Waals surface area contributed by atoms with Crippen LogP contribution in [0.4, 0.5) is 0 Å². The standard InChI is InChI=1S/C17H24O6/c1-20-9-10-22-14-6-4-13(5-7-17(18)19)16(11-14)23-12-15-3-2-8-21-15/h4,6,11,15H,2-3,5,7-10,12H2,1H3,(H,18,19). The quantitative estimate of drug-likeness (QED) is 0.666. The average molecular weight is 324 g/mol. The highest BCUT2D eigenvalue weighted by atomic mass is 16.5. The number of carboxylic acids is 1. The molecule has 1 unspecified atom stereocenters. The number of hydrogen-bond donors (Lipinski definition) is 1. The molecule has 1 aliphatic rings. The maximum absolute atomic E-state index is 10.8. The lowest BCUT2D eigenvalue weighted by molar-refractivity contribution is -0.136. The van der Waals surface area contributed by atoms with Gasteiger partial charge in [0.25, 0.3) is 0 Å². The molecule has 1 atom stereocenters. The van der Waals surface area contributed by atoms with E-state index in [9.17, 15) is 4.79 Å². The Hall–Kier alpha value is -1.79. The Kier molecular flexibility index (Phi) is 7.16. The van der Waals surface area contributed by atoms with Gasteiger partial charge >= 0.3 is 5.97 Å². The topological polar surface area (TPSA) is 74.2 Å². The first-order valence-corrected chi connectivity index (χ1v) is 7.90. The number of benzene rings is 1. The maximum Gasteiger partial charge on any atom is 0.303 e. The van der Waals surface area contributed by atoms with Gasteiger partial charge < -0.3 is 24.1 Å². The van der Waals surface area contributed by atoms with Crippen molar-refractivity contribution in [3.63, 3.8) is 0 Å². The van der Waals surface area contributed by atoms with E-state index < -0.39 is 5.97 Å². The third kappa shape index (κ3) is 6.08. The van der Waals surface area contributed by atoms with Gasteiger partial charge in [-0.1, -0.05) is 6.07 Å². The Balaban J connectivity index is 2.00. The Labute approximate surface area is 136 Å². The van der Waals surface area contributed by atoms with E-state index in [1.165, 1.54) is 0 Å². The molecule has 0 bridgehead atoms. The minimum absolute atomic E-state index is 0.0696. The highest BCUT2D eigenvalue weighted by Gasteiger charge is 2.17. The maximum atomic E-state index is 10.8. The summed E-state index contributed by atoms with van der Waals surface area (Å²) in [5.41, 5.74) is 0.865. The average Bonchev–Trinajstić information content (AvgIpc) is 3.05. The van der Waals surface area contributed by atoms with E-state index in [1.807, 2.05) is 18.2 Å². The van der Waals surface area contributed by atoms with Crippen LogP contribution >= 0.6 is 0 Å².